The highest BCUT2D eigenvalue weighted by atomic mass is 16.5. The molecule has 5 rings (SSSR count). The van der Waals surface area contributed by atoms with Gasteiger partial charge in [0.15, 0.2) is 0 Å². The summed E-state index contributed by atoms with van der Waals surface area (Å²) in [6.07, 6.45) is -0.0990. The van der Waals surface area contributed by atoms with Gasteiger partial charge in [-0.1, -0.05) is 66.7 Å². The standard InChI is InChI=1S/C29H28N2O3/c1-20(23-14-9-11-21-10-3-4-12-24(21)23)30-18-22-19-31(27-16-7-8-17-28(27)34-22)26-15-6-5-13-25(26)29(32)33-2/h3-17,20,22,30H,18-19H2,1-2H3/t20-,22?/m1/s1. The number of methoxy groups -OCH3 is 1. The topological polar surface area (TPSA) is 50.8 Å². The normalized spacial score (nSPS) is 15.9. The molecular formula is C29H28N2O3. The second-order valence-corrected chi connectivity index (χ2v) is 8.53. The molecule has 1 aliphatic heterocycles. The molecule has 0 amide bonds. The van der Waals surface area contributed by atoms with Crippen molar-refractivity contribution in [2.75, 3.05) is 25.1 Å². The fraction of sp³-hybridized carbons (Fsp3) is 0.207. The third-order valence-corrected chi connectivity index (χ3v) is 6.38. The predicted octanol–water partition coefficient (Wildman–Crippen LogP) is 5.88. The van der Waals surface area contributed by atoms with Crippen molar-refractivity contribution in [3.63, 3.8) is 0 Å². The summed E-state index contributed by atoms with van der Waals surface area (Å²) in [6.45, 7) is 3.46. The van der Waals surface area contributed by atoms with E-state index in [1.165, 1.54) is 23.4 Å². The fourth-order valence-corrected chi connectivity index (χ4v) is 4.67. The van der Waals surface area contributed by atoms with E-state index in [0.717, 1.165) is 17.1 Å². The first-order valence-corrected chi connectivity index (χ1v) is 11.6. The molecule has 1 unspecified atom stereocenters. The average molecular weight is 453 g/mol. The van der Waals surface area contributed by atoms with E-state index in [9.17, 15) is 4.79 Å². The lowest BCUT2D eigenvalue weighted by Gasteiger charge is -2.37. The maximum atomic E-state index is 12.5. The van der Waals surface area contributed by atoms with E-state index in [4.69, 9.17) is 9.47 Å². The van der Waals surface area contributed by atoms with Gasteiger partial charge in [0.2, 0.25) is 0 Å². The molecule has 1 N–H and O–H groups in total. The monoisotopic (exact) mass is 452 g/mol. The van der Waals surface area contributed by atoms with Gasteiger partial charge in [-0.15, -0.1) is 0 Å². The maximum Gasteiger partial charge on any atom is 0.339 e. The van der Waals surface area contributed by atoms with Crippen LogP contribution < -0.4 is 15.0 Å². The number of carbonyl (C=O) groups is 1. The van der Waals surface area contributed by atoms with E-state index in [2.05, 4.69) is 59.6 Å². The van der Waals surface area contributed by atoms with Gasteiger partial charge in [0.25, 0.3) is 0 Å². The van der Waals surface area contributed by atoms with Crippen LogP contribution >= 0.6 is 0 Å². The maximum absolute atomic E-state index is 12.5. The molecule has 0 radical (unpaired) electrons. The predicted molar refractivity (Wildman–Crippen MR) is 136 cm³/mol. The lowest BCUT2D eigenvalue weighted by Crippen LogP contribution is -2.44. The number of anilines is 2. The summed E-state index contributed by atoms with van der Waals surface area (Å²) in [7, 11) is 1.41. The number of carbonyl (C=O) groups excluding carboxylic acids is 1. The number of nitrogens with one attached hydrogen (secondary N) is 1. The van der Waals surface area contributed by atoms with Crippen LogP contribution in [0.3, 0.4) is 0 Å². The van der Waals surface area contributed by atoms with E-state index in [0.29, 0.717) is 18.7 Å². The molecule has 0 saturated heterocycles. The Morgan fingerprint density at radius 1 is 0.971 bits per heavy atom. The second-order valence-electron chi connectivity index (χ2n) is 8.53. The molecule has 34 heavy (non-hydrogen) atoms. The Labute approximate surface area is 199 Å². The Balaban J connectivity index is 1.40. The Morgan fingerprint density at radius 2 is 1.68 bits per heavy atom. The van der Waals surface area contributed by atoms with Crippen molar-refractivity contribution in [1.29, 1.82) is 0 Å². The molecule has 0 saturated carbocycles. The minimum Gasteiger partial charge on any atom is -0.485 e. The van der Waals surface area contributed by atoms with Gasteiger partial charge >= 0.3 is 5.97 Å². The minimum absolute atomic E-state index is 0.0990. The summed E-state index contributed by atoms with van der Waals surface area (Å²) >= 11 is 0. The van der Waals surface area contributed by atoms with Crippen LogP contribution in [0.4, 0.5) is 11.4 Å². The lowest BCUT2D eigenvalue weighted by atomic mass is 9.99. The molecule has 4 aromatic carbocycles. The average Bonchev–Trinajstić information content (AvgIpc) is 2.90. The van der Waals surface area contributed by atoms with Gasteiger partial charge in [0.05, 0.1) is 30.6 Å². The van der Waals surface area contributed by atoms with Crippen molar-refractivity contribution < 1.29 is 14.3 Å². The van der Waals surface area contributed by atoms with E-state index in [1.807, 2.05) is 42.5 Å². The van der Waals surface area contributed by atoms with Crippen LogP contribution in [0, 0.1) is 0 Å². The summed E-state index contributed by atoms with van der Waals surface area (Å²) < 4.78 is 11.4. The smallest absolute Gasteiger partial charge is 0.339 e. The highest BCUT2D eigenvalue weighted by Crippen LogP contribution is 2.39. The SMILES string of the molecule is COC(=O)c1ccccc1N1CC(CN[C@H](C)c2cccc3ccccc23)Oc2ccccc21. The summed E-state index contributed by atoms with van der Waals surface area (Å²) in [5, 5.41) is 6.16. The quantitative estimate of drug-likeness (QED) is 0.371. The number of esters is 1. The van der Waals surface area contributed by atoms with Crippen LogP contribution in [0.15, 0.2) is 91.0 Å². The van der Waals surface area contributed by atoms with Gasteiger partial charge in [-0.25, -0.2) is 4.79 Å². The number of nitrogens with zero attached hydrogens (tertiary/aromatic N) is 1. The van der Waals surface area contributed by atoms with Crippen LogP contribution in [-0.4, -0.2) is 32.3 Å². The molecule has 0 aromatic heterocycles. The molecule has 2 atom stereocenters. The lowest BCUT2D eigenvalue weighted by molar-refractivity contribution is 0.0601. The van der Waals surface area contributed by atoms with Gasteiger partial charge < -0.3 is 19.7 Å². The van der Waals surface area contributed by atoms with E-state index >= 15 is 0 Å². The van der Waals surface area contributed by atoms with Crippen LogP contribution in [-0.2, 0) is 4.74 Å². The van der Waals surface area contributed by atoms with Gasteiger partial charge in [0, 0.05) is 12.6 Å². The number of fused-ring (bicyclic) bond motifs is 2. The summed E-state index contributed by atoms with van der Waals surface area (Å²) in [5.74, 6) is 0.455. The van der Waals surface area contributed by atoms with E-state index < -0.39 is 0 Å². The number of ether oxygens (including phenoxy) is 2. The minimum atomic E-state index is -0.348. The molecule has 5 nitrogen and oxygen atoms in total. The van der Waals surface area contributed by atoms with Gasteiger partial charge in [-0.3, -0.25) is 0 Å². The Kier molecular flexibility index (Phi) is 6.19. The molecule has 1 heterocycles. The third-order valence-electron chi connectivity index (χ3n) is 6.38. The van der Waals surface area contributed by atoms with Crippen molar-refractivity contribution in [3.05, 3.63) is 102 Å². The molecule has 1 aliphatic rings. The Morgan fingerprint density at radius 3 is 2.53 bits per heavy atom. The molecular weight excluding hydrogens is 424 g/mol. The van der Waals surface area contributed by atoms with E-state index in [-0.39, 0.29) is 18.1 Å². The van der Waals surface area contributed by atoms with Gasteiger partial charge in [-0.05, 0) is 47.5 Å². The first-order chi connectivity index (χ1) is 16.7. The van der Waals surface area contributed by atoms with Gasteiger partial charge in [0.1, 0.15) is 11.9 Å². The molecule has 0 aliphatic carbocycles. The fourth-order valence-electron chi connectivity index (χ4n) is 4.67. The number of hydrogen-bond acceptors (Lipinski definition) is 5. The molecule has 0 bridgehead atoms. The highest BCUT2D eigenvalue weighted by Gasteiger charge is 2.29. The van der Waals surface area contributed by atoms with Crippen LogP contribution in [0.1, 0.15) is 28.9 Å². The zero-order valence-electron chi connectivity index (χ0n) is 19.4. The number of rotatable bonds is 6. The van der Waals surface area contributed by atoms with Crippen molar-refractivity contribution in [3.8, 4) is 5.75 Å². The first-order valence-electron chi connectivity index (χ1n) is 11.6. The summed E-state index contributed by atoms with van der Waals surface area (Å²) in [5.41, 5.74) is 3.56. The molecule has 5 heteroatoms. The van der Waals surface area contributed by atoms with Crippen molar-refractivity contribution in [1.82, 2.24) is 5.32 Å². The third kappa shape index (κ3) is 4.22. The largest absolute Gasteiger partial charge is 0.485 e. The summed E-state index contributed by atoms with van der Waals surface area (Å²) in [4.78, 5) is 14.6. The van der Waals surface area contributed by atoms with Crippen molar-refractivity contribution in [2.45, 2.75) is 19.1 Å². The van der Waals surface area contributed by atoms with Crippen molar-refractivity contribution in [2.24, 2.45) is 0 Å². The molecule has 0 spiro atoms. The zero-order valence-corrected chi connectivity index (χ0v) is 19.4. The van der Waals surface area contributed by atoms with Gasteiger partial charge in [-0.2, -0.15) is 0 Å². The number of hydrogen-bond donors (Lipinski definition) is 1. The Bertz CT molecular complexity index is 1310. The number of benzene rings is 4. The second kappa shape index (κ2) is 9.57. The molecule has 0 fully saturated rings. The van der Waals surface area contributed by atoms with Crippen molar-refractivity contribution >= 4 is 28.1 Å². The summed E-state index contributed by atoms with van der Waals surface area (Å²) in [6, 6.07) is 30.5. The molecule has 172 valence electrons. The Hall–Kier alpha value is -3.83. The highest BCUT2D eigenvalue weighted by molar-refractivity contribution is 5.97. The van der Waals surface area contributed by atoms with Crippen LogP contribution in [0.25, 0.3) is 10.8 Å². The van der Waals surface area contributed by atoms with Crippen LogP contribution in [0.5, 0.6) is 5.75 Å². The zero-order chi connectivity index (χ0) is 23.5. The molecule has 4 aromatic rings. The first kappa shape index (κ1) is 22.0. The van der Waals surface area contributed by atoms with Crippen LogP contribution in [0.2, 0.25) is 0 Å². The number of para-hydroxylation sites is 3. The van der Waals surface area contributed by atoms with E-state index in [1.54, 1.807) is 6.07 Å².